The van der Waals surface area contributed by atoms with E-state index in [0.717, 1.165) is 36.7 Å². The van der Waals surface area contributed by atoms with E-state index in [4.69, 9.17) is 14.2 Å². The number of aromatic nitrogens is 3. The number of pyridine rings is 1. The average molecular weight is 678 g/mol. The fraction of sp³-hybridized carbons (Fsp3) is 0.211. The molecule has 0 radical (unpaired) electrons. The van der Waals surface area contributed by atoms with Crippen molar-refractivity contribution in [1.29, 1.82) is 0 Å². The average Bonchev–Trinajstić information content (AvgIpc) is 3.65. The van der Waals surface area contributed by atoms with E-state index in [0.29, 0.717) is 45.8 Å². The van der Waals surface area contributed by atoms with Crippen molar-refractivity contribution in [1.82, 2.24) is 19.4 Å². The lowest BCUT2D eigenvalue weighted by Gasteiger charge is -2.16. The van der Waals surface area contributed by atoms with Crippen LogP contribution in [0.25, 0.3) is 27.6 Å². The van der Waals surface area contributed by atoms with Crippen LogP contribution >= 0.6 is 0 Å². The molecule has 1 aliphatic rings. The summed E-state index contributed by atoms with van der Waals surface area (Å²) in [6.07, 6.45) is 4.93. The quantitative estimate of drug-likeness (QED) is 0.144. The number of hydrogen-bond acceptors (Lipinski definition) is 8. The Kier molecular flexibility index (Phi) is 9.35. The lowest BCUT2D eigenvalue weighted by Crippen LogP contribution is -2.31. The second-order valence-corrected chi connectivity index (χ2v) is 11.8. The number of carbonyl (C=O) groups excluding carboxylic acids is 1. The molecule has 50 heavy (non-hydrogen) atoms. The maximum Gasteiger partial charge on any atom is 0.287 e. The SMILES string of the molecule is COc1cc2c(Oc3ccc(NC(=O)c4nc5ccccc5n(-c5ccccc5F)c4=O)cc3F)ccnc2cc1OCCCN1CCCC1. The molecule has 1 amide bonds. The molecule has 0 unspecified atom stereocenters. The summed E-state index contributed by atoms with van der Waals surface area (Å²) in [5, 5.41) is 3.11. The first-order chi connectivity index (χ1) is 24.4. The first-order valence-corrected chi connectivity index (χ1v) is 16.3. The number of para-hydroxylation sites is 3. The van der Waals surface area contributed by atoms with Crippen molar-refractivity contribution in [2.45, 2.75) is 19.3 Å². The highest BCUT2D eigenvalue weighted by Crippen LogP contribution is 2.38. The van der Waals surface area contributed by atoms with Crippen LogP contribution in [0.15, 0.2) is 95.9 Å². The Labute approximate surface area is 285 Å². The smallest absolute Gasteiger partial charge is 0.287 e. The molecule has 2 aromatic heterocycles. The number of methoxy groups -OCH3 is 1. The summed E-state index contributed by atoms with van der Waals surface area (Å²) in [5.74, 6) is -1.04. The van der Waals surface area contributed by atoms with Crippen LogP contribution in [0.4, 0.5) is 14.5 Å². The van der Waals surface area contributed by atoms with Crippen molar-refractivity contribution in [3.05, 3.63) is 119 Å². The van der Waals surface area contributed by atoms with E-state index in [9.17, 15) is 14.0 Å². The number of benzene rings is 4. The van der Waals surface area contributed by atoms with E-state index in [-0.39, 0.29) is 17.1 Å². The van der Waals surface area contributed by atoms with Crippen LogP contribution in [0.5, 0.6) is 23.0 Å². The third-order valence-electron chi connectivity index (χ3n) is 8.54. The van der Waals surface area contributed by atoms with E-state index in [1.165, 1.54) is 43.2 Å². The van der Waals surface area contributed by atoms with E-state index in [2.05, 4.69) is 20.2 Å². The Morgan fingerprint density at radius 3 is 2.46 bits per heavy atom. The zero-order chi connectivity index (χ0) is 34.6. The van der Waals surface area contributed by atoms with Crippen molar-refractivity contribution in [2.75, 3.05) is 38.7 Å². The lowest BCUT2D eigenvalue weighted by molar-refractivity contribution is 0.102. The Morgan fingerprint density at radius 2 is 1.66 bits per heavy atom. The molecule has 0 atom stereocenters. The van der Waals surface area contributed by atoms with E-state index in [1.54, 1.807) is 61.8 Å². The summed E-state index contributed by atoms with van der Waals surface area (Å²) in [7, 11) is 1.55. The van der Waals surface area contributed by atoms with Crippen molar-refractivity contribution in [2.24, 2.45) is 0 Å². The van der Waals surface area contributed by atoms with Gasteiger partial charge in [-0.15, -0.1) is 0 Å². The Balaban J connectivity index is 1.10. The van der Waals surface area contributed by atoms with E-state index in [1.807, 2.05) is 0 Å². The fourth-order valence-corrected chi connectivity index (χ4v) is 6.09. The Morgan fingerprint density at radius 1 is 0.860 bits per heavy atom. The van der Waals surface area contributed by atoms with Gasteiger partial charge in [-0.1, -0.05) is 24.3 Å². The van der Waals surface area contributed by atoms with Crippen LogP contribution in [-0.2, 0) is 0 Å². The number of rotatable bonds is 11. The van der Waals surface area contributed by atoms with Crippen molar-refractivity contribution in [3.8, 4) is 28.7 Å². The van der Waals surface area contributed by atoms with Gasteiger partial charge in [0.2, 0.25) is 0 Å². The molecule has 6 aromatic rings. The predicted molar refractivity (Wildman–Crippen MR) is 186 cm³/mol. The highest BCUT2D eigenvalue weighted by Gasteiger charge is 2.21. The first kappa shape index (κ1) is 32.7. The molecule has 0 aliphatic carbocycles. The van der Waals surface area contributed by atoms with Gasteiger partial charge in [-0.25, -0.2) is 13.8 Å². The summed E-state index contributed by atoms with van der Waals surface area (Å²) in [6, 6.07) is 21.3. The van der Waals surface area contributed by atoms with Gasteiger partial charge in [0.1, 0.15) is 11.6 Å². The number of hydrogen-bond donors (Lipinski definition) is 1. The van der Waals surface area contributed by atoms with Gasteiger partial charge in [0.15, 0.2) is 28.8 Å². The molecule has 0 bridgehead atoms. The van der Waals surface area contributed by atoms with E-state index < -0.39 is 28.8 Å². The second kappa shape index (κ2) is 14.3. The van der Waals surface area contributed by atoms with Crippen LogP contribution in [0, 0.1) is 11.6 Å². The normalized spacial score (nSPS) is 13.1. The maximum atomic E-state index is 15.4. The molecule has 3 heterocycles. The minimum Gasteiger partial charge on any atom is -0.493 e. The predicted octanol–water partition coefficient (Wildman–Crippen LogP) is 7.13. The van der Waals surface area contributed by atoms with Crippen molar-refractivity contribution in [3.63, 3.8) is 0 Å². The molecule has 1 fully saturated rings. The van der Waals surface area contributed by atoms with Gasteiger partial charge in [0.05, 0.1) is 36.0 Å². The van der Waals surface area contributed by atoms with Crippen LogP contribution < -0.4 is 25.1 Å². The summed E-state index contributed by atoms with van der Waals surface area (Å²) in [5.41, 5.74) is -0.0965. The van der Waals surface area contributed by atoms with Crippen molar-refractivity contribution < 1.29 is 27.8 Å². The van der Waals surface area contributed by atoms with Gasteiger partial charge >= 0.3 is 0 Å². The molecule has 0 spiro atoms. The minimum absolute atomic E-state index is 0.0318. The minimum atomic E-state index is -0.889. The monoisotopic (exact) mass is 677 g/mol. The van der Waals surface area contributed by atoms with Gasteiger partial charge in [-0.2, -0.15) is 0 Å². The molecular formula is C38H33F2N5O5. The first-order valence-electron chi connectivity index (χ1n) is 16.3. The summed E-state index contributed by atoms with van der Waals surface area (Å²) < 4.78 is 48.9. The Bertz CT molecular complexity index is 2270. The molecule has 1 N–H and O–H groups in total. The zero-order valence-corrected chi connectivity index (χ0v) is 27.2. The van der Waals surface area contributed by atoms with Gasteiger partial charge in [-0.05, 0) is 80.9 Å². The van der Waals surface area contributed by atoms with Crippen LogP contribution in [0.2, 0.25) is 0 Å². The van der Waals surface area contributed by atoms with Gasteiger partial charge < -0.3 is 24.4 Å². The molecule has 4 aromatic carbocycles. The fourth-order valence-electron chi connectivity index (χ4n) is 6.09. The standard InChI is InChI=1S/C38H33F2N5O5/c1-48-34-22-25-29(23-35(34)49-20-8-19-44-17-6-7-18-44)41-16-15-32(25)50-33-14-13-24(21-27(33)40)42-37(46)36-38(47)45(30-11-4-2-9-26(30)39)31-12-5-3-10-28(31)43-36/h2-5,9-16,21-23H,6-8,17-20H2,1H3,(H,42,46). The summed E-state index contributed by atoms with van der Waals surface area (Å²) >= 11 is 0. The highest BCUT2D eigenvalue weighted by molar-refractivity contribution is 6.03. The topological polar surface area (TPSA) is 108 Å². The molecule has 1 aliphatic heterocycles. The number of fused-ring (bicyclic) bond motifs is 2. The largest absolute Gasteiger partial charge is 0.493 e. The number of amides is 1. The van der Waals surface area contributed by atoms with E-state index >= 15 is 4.39 Å². The van der Waals surface area contributed by atoms with Crippen LogP contribution in [-0.4, -0.2) is 58.7 Å². The molecular weight excluding hydrogens is 644 g/mol. The number of likely N-dealkylation sites (tertiary alicyclic amines) is 1. The third kappa shape index (κ3) is 6.70. The van der Waals surface area contributed by atoms with Gasteiger partial charge in [-0.3, -0.25) is 19.1 Å². The molecule has 10 nitrogen and oxygen atoms in total. The number of ether oxygens (including phenoxy) is 3. The Hall–Kier alpha value is -5.88. The molecule has 0 saturated carbocycles. The number of nitrogens with one attached hydrogen (secondary N) is 1. The van der Waals surface area contributed by atoms with Gasteiger partial charge in [0.25, 0.3) is 11.5 Å². The van der Waals surface area contributed by atoms with Crippen LogP contribution in [0.1, 0.15) is 29.8 Å². The van der Waals surface area contributed by atoms with Gasteiger partial charge in [0, 0.05) is 35.9 Å². The number of carbonyl (C=O) groups is 1. The number of halogens is 2. The number of anilines is 1. The van der Waals surface area contributed by atoms with Crippen LogP contribution in [0.3, 0.4) is 0 Å². The summed E-state index contributed by atoms with van der Waals surface area (Å²) in [6.45, 7) is 3.78. The molecule has 254 valence electrons. The number of nitrogens with zero attached hydrogens (tertiary/aromatic N) is 4. The second-order valence-electron chi connectivity index (χ2n) is 11.8. The lowest BCUT2D eigenvalue weighted by atomic mass is 10.1. The summed E-state index contributed by atoms with van der Waals surface area (Å²) in [4.78, 5) is 38.0. The molecule has 1 saturated heterocycles. The molecule has 12 heteroatoms. The highest BCUT2D eigenvalue weighted by atomic mass is 19.1. The maximum absolute atomic E-state index is 15.4. The molecule has 7 rings (SSSR count). The van der Waals surface area contributed by atoms with Crippen molar-refractivity contribution >= 4 is 33.5 Å². The zero-order valence-electron chi connectivity index (χ0n) is 27.2. The third-order valence-corrected chi connectivity index (χ3v) is 8.54.